The Bertz CT molecular complexity index is 727. The molecule has 0 saturated heterocycles. The number of nitrogens with one attached hydrogen (secondary N) is 1. The predicted octanol–water partition coefficient (Wildman–Crippen LogP) is 5.40. The van der Waals surface area contributed by atoms with Crippen molar-refractivity contribution in [1.29, 1.82) is 0 Å². The minimum Gasteiger partial charge on any atom is -0.355 e. The highest BCUT2D eigenvalue weighted by Gasteiger charge is 2.14. The molecule has 1 aliphatic carbocycles. The Morgan fingerprint density at radius 3 is 2.67 bits per heavy atom. The van der Waals surface area contributed by atoms with Crippen LogP contribution < -0.4 is 0 Å². The number of aromatic nitrogens is 1. The highest BCUT2D eigenvalue weighted by Crippen LogP contribution is 2.30. The lowest BCUT2D eigenvalue weighted by Gasteiger charge is -2.08. The molecule has 21 heavy (non-hydrogen) atoms. The topological polar surface area (TPSA) is 15.8 Å². The molecular formula is C20H21N. The Morgan fingerprint density at radius 2 is 2.00 bits per heavy atom. The van der Waals surface area contributed by atoms with Gasteiger partial charge in [0.25, 0.3) is 0 Å². The monoisotopic (exact) mass is 275 g/mol. The van der Waals surface area contributed by atoms with Gasteiger partial charge in [-0.15, -0.1) is 0 Å². The normalized spacial score (nSPS) is 14.1. The van der Waals surface area contributed by atoms with Crippen molar-refractivity contribution in [2.45, 2.75) is 26.7 Å². The molecule has 2 aromatic rings. The van der Waals surface area contributed by atoms with Crippen molar-refractivity contribution in [2.75, 3.05) is 0 Å². The smallest absolute Gasteiger partial charge is 0.0423 e. The zero-order valence-corrected chi connectivity index (χ0v) is 12.7. The van der Waals surface area contributed by atoms with Crippen LogP contribution in [0, 0.1) is 6.92 Å². The van der Waals surface area contributed by atoms with E-state index in [1.807, 2.05) is 6.07 Å². The number of allylic oxidation sites excluding steroid dienone is 3. The molecule has 1 heterocycles. The van der Waals surface area contributed by atoms with E-state index in [1.165, 1.54) is 33.7 Å². The van der Waals surface area contributed by atoms with Crippen molar-refractivity contribution >= 4 is 17.7 Å². The van der Waals surface area contributed by atoms with E-state index >= 15 is 0 Å². The predicted molar refractivity (Wildman–Crippen MR) is 92.0 cm³/mol. The van der Waals surface area contributed by atoms with Gasteiger partial charge in [0.05, 0.1) is 0 Å². The summed E-state index contributed by atoms with van der Waals surface area (Å²) in [4.78, 5) is 3.55. The summed E-state index contributed by atoms with van der Waals surface area (Å²) in [5.74, 6) is 0. The van der Waals surface area contributed by atoms with Crippen molar-refractivity contribution in [2.24, 2.45) is 0 Å². The molecule has 0 unspecified atom stereocenters. The molecule has 1 aromatic heterocycles. The largest absolute Gasteiger partial charge is 0.355 e. The molecule has 0 fully saturated rings. The number of rotatable bonds is 3. The maximum Gasteiger partial charge on any atom is 0.0423 e. The molecule has 106 valence electrons. The van der Waals surface area contributed by atoms with Crippen LogP contribution in [-0.2, 0) is 6.42 Å². The summed E-state index contributed by atoms with van der Waals surface area (Å²) in [5, 5.41) is 0. The lowest BCUT2D eigenvalue weighted by Crippen LogP contribution is -1.91. The Kier molecular flexibility index (Phi) is 3.66. The number of H-pyrrole nitrogens is 1. The van der Waals surface area contributed by atoms with Crippen LogP contribution in [0.4, 0.5) is 0 Å². The van der Waals surface area contributed by atoms with E-state index in [0.29, 0.717) is 0 Å². The van der Waals surface area contributed by atoms with Gasteiger partial charge in [0.2, 0.25) is 0 Å². The van der Waals surface area contributed by atoms with Crippen molar-refractivity contribution in [3.63, 3.8) is 0 Å². The first-order valence-electron chi connectivity index (χ1n) is 7.48. The molecule has 0 saturated carbocycles. The molecule has 0 amide bonds. The van der Waals surface area contributed by atoms with Crippen molar-refractivity contribution < 1.29 is 0 Å². The summed E-state index contributed by atoms with van der Waals surface area (Å²) < 4.78 is 0. The fourth-order valence-corrected chi connectivity index (χ4v) is 2.93. The molecule has 1 heteroatoms. The summed E-state index contributed by atoms with van der Waals surface area (Å²) >= 11 is 0. The number of benzene rings is 1. The molecule has 1 nitrogen and oxygen atoms in total. The highest BCUT2D eigenvalue weighted by molar-refractivity contribution is 5.90. The fourth-order valence-electron chi connectivity index (χ4n) is 2.93. The van der Waals surface area contributed by atoms with Crippen molar-refractivity contribution in [3.8, 4) is 0 Å². The van der Waals surface area contributed by atoms with Crippen LogP contribution in [0.15, 0.2) is 48.6 Å². The SMILES string of the molecule is C=C(C)/C(=C\c1[nH]c2c(c1C)CCC=C2)c1ccccc1. The van der Waals surface area contributed by atoms with Crippen LogP contribution in [-0.4, -0.2) is 4.98 Å². The molecule has 0 atom stereocenters. The molecule has 0 aliphatic heterocycles. The van der Waals surface area contributed by atoms with Gasteiger partial charge in [-0.05, 0) is 61.1 Å². The number of fused-ring (bicyclic) bond motifs is 1. The second-order valence-electron chi connectivity index (χ2n) is 5.70. The zero-order valence-electron chi connectivity index (χ0n) is 12.7. The molecule has 0 bridgehead atoms. The van der Waals surface area contributed by atoms with Gasteiger partial charge in [0.1, 0.15) is 0 Å². The fraction of sp³-hybridized carbons (Fsp3) is 0.200. The standard InChI is InChI=1S/C20H21N/c1-14(2)18(16-9-5-4-6-10-16)13-20-15(3)17-11-7-8-12-19(17)21-20/h4-6,8-10,12-13,21H,1,7,11H2,2-3H3/b18-13+. The highest BCUT2D eigenvalue weighted by atomic mass is 14.7. The zero-order chi connectivity index (χ0) is 14.8. The lowest BCUT2D eigenvalue weighted by atomic mass is 9.96. The van der Waals surface area contributed by atoms with Crippen LogP contribution in [0.5, 0.6) is 0 Å². The average molecular weight is 275 g/mol. The average Bonchev–Trinajstić information content (AvgIpc) is 2.82. The van der Waals surface area contributed by atoms with E-state index in [0.717, 1.165) is 18.4 Å². The van der Waals surface area contributed by atoms with Gasteiger partial charge in [-0.1, -0.05) is 48.6 Å². The van der Waals surface area contributed by atoms with Gasteiger partial charge in [-0.2, -0.15) is 0 Å². The Labute approximate surface area is 126 Å². The summed E-state index contributed by atoms with van der Waals surface area (Å²) in [7, 11) is 0. The van der Waals surface area contributed by atoms with Crippen molar-refractivity contribution in [3.05, 3.63) is 76.6 Å². The minimum absolute atomic E-state index is 1.09. The van der Waals surface area contributed by atoms with E-state index in [1.54, 1.807) is 0 Å². The van der Waals surface area contributed by atoms with E-state index < -0.39 is 0 Å². The number of aromatic amines is 1. The van der Waals surface area contributed by atoms with Gasteiger partial charge < -0.3 is 4.98 Å². The summed E-state index contributed by atoms with van der Waals surface area (Å²) in [6.07, 6.45) is 8.95. The first-order chi connectivity index (χ1) is 10.2. The van der Waals surface area contributed by atoms with Gasteiger partial charge in [0, 0.05) is 11.4 Å². The third kappa shape index (κ3) is 2.64. The van der Waals surface area contributed by atoms with E-state index in [4.69, 9.17) is 0 Å². The number of hydrogen-bond donors (Lipinski definition) is 1. The first-order valence-corrected chi connectivity index (χ1v) is 7.48. The van der Waals surface area contributed by atoms with Crippen LogP contribution in [0.25, 0.3) is 17.7 Å². The molecule has 1 aliphatic rings. The maximum absolute atomic E-state index is 4.14. The van der Waals surface area contributed by atoms with E-state index in [9.17, 15) is 0 Å². The Hall–Kier alpha value is -2.28. The van der Waals surface area contributed by atoms with Crippen LogP contribution in [0.2, 0.25) is 0 Å². The molecule has 1 N–H and O–H groups in total. The van der Waals surface area contributed by atoms with Gasteiger partial charge in [-0.3, -0.25) is 0 Å². The van der Waals surface area contributed by atoms with Gasteiger partial charge in [0.15, 0.2) is 0 Å². The minimum atomic E-state index is 1.09. The molecular weight excluding hydrogens is 254 g/mol. The second-order valence-corrected chi connectivity index (χ2v) is 5.70. The second kappa shape index (κ2) is 5.61. The summed E-state index contributed by atoms with van der Waals surface area (Å²) in [5.41, 5.74) is 8.78. The third-order valence-electron chi connectivity index (χ3n) is 4.13. The van der Waals surface area contributed by atoms with Crippen LogP contribution in [0.1, 0.15) is 41.4 Å². The molecule has 0 spiro atoms. The Morgan fingerprint density at radius 1 is 1.24 bits per heavy atom. The summed E-state index contributed by atoms with van der Waals surface area (Å²) in [6.45, 7) is 8.42. The maximum atomic E-state index is 4.14. The summed E-state index contributed by atoms with van der Waals surface area (Å²) in [6, 6.07) is 10.5. The van der Waals surface area contributed by atoms with Crippen LogP contribution >= 0.6 is 0 Å². The van der Waals surface area contributed by atoms with Crippen LogP contribution in [0.3, 0.4) is 0 Å². The third-order valence-corrected chi connectivity index (χ3v) is 4.13. The number of hydrogen-bond acceptors (Lipinski definition) is 0. The quantitative estimate of drug-likeness (QED) is 0.722. The molecule has 1 aromatic carbocycles. The molecule has 0 radical (unpaired) electrons. The van der Waals surface area contributed by atoms with Gasteiger partial charge >= 0.3 is 0 Å². The Balaban J connectivity index is 2.09. The first kappa shape index (κ1) is 13.7. The lowest BCUT2D eigenvalue weighted by molar-refractivity contribution is 0.975. The van der Waals surface area contributed by atoms with E-state index in [2.05, 4.69) is 67.9 Å². The van der Waals surface area contributed by atoms with Gasteiger partial charge in [-0.25, -0.2) is 0 Å². The van der Waals surface area contributed by atoms with E-state index in [-0.39, 0.29) is 0 Å². The van der Waals surface area contributed by atoms with Crippen molar-refractivity contribution in [1.82, 2.24) is 4.98 Å². The molecule has 3 rings (SSSR count).